The number of phenolic OH excluding ortho intramolecular Hbond substituents is 2. The Bertz CT molecular complexity index is 150. The van der Waals surface area contributed by atoms with Crippen molar-refractivity contribution < 1.29 is 10.2 Å². The summed E-state index contributed by atoms with van der Waals surface area (Å²) in [6.07, 6.45) is 0. The molecule has 2 N–H and O–H groups in total. The molecule has 0 atom stereocenters. The van der Waals surface area contributed by atoms with Gasteiger partial charge in [-0.2, -0.15) is 0 Å². The van der Waals surface area contributed by atoms with Crippen LogP contribution in [0.1, 0.15) is 0 Å². The summed E-state index contributed by atoms with van der Waals surface area (Å²) >= 11 is 0. The van der Waals surface area contributed by atoms with Gasteiger partial charge in [0, 0.05) is 0 Å². The van der Waals surface area contributed by atoms with Crippen LogP contribution in [0.4, 0.5) is 0 Å². The zero-order valence-corrected chi connectivity index (χ0v) is 4.20. The maximum Gasteiger partial charge on any atom is 0.187 e. The first-order chi connectivity index (χ1) is 3.79. The summed E-state index contributed by atoms with van der Waals surface area (Å²) in [5, 5.41) is 17.3. The highest BCUT2D eigenvalue weighted by atomic mass is 27.0. The van der Waals surface area contributed by atoms with Crippen molar-refractivity contribution in [3.05, 3.63) is 24.3 Å². The quantitative estimate of drug-likeness (QED) is 0.390. The van der Waals surface area contributed by atoms with Crippen LogP contribution in [0.15, 0.2) is 24.3 Å². The Hall–Kier alpha value is -0.648. The molecule has 1 aromatic rings. The summed E-state index contributed by atoms with van der Waals surface area (Å²) in [7, 11) is 0. The second-order valence-electron chi connectivity index (χ2n) is 1.52. The van der Waals surface area contributed by atoms with E-state index in [1.807, 2.05) is 0 Å². The molecule has 0 unspecified atom stereocenters. The third-order valence-corrected chi connectivity index (χ3v) is 0.850. The van der Waals surface area contributed by atoms with Crippen molar-refractivity contribution >= 4 is 17.4 Å². The van der Waals surface area contributed by atoms with Gasteiger partial charge in [0.15, 0.2) is 17.4 Å². The molecule has 1 rings (SSSR count). The lowest BCUT2D eigenvalue weighted by atomic mass is 10.3. The molecule has 2 nitrogen and oxygen atoms in total. The summed E-state index contributed by atoms with van der Waals surface area (Å²) in [6.45, 7) is 0. The molecule has 0 aliphatic heterocycles. The zero-order valence-electron chi connectivity index (χ0n) is 4.20. The summed E-state index contributed by atoms with van der Waals surface area (Å²) < 4.78 is 0. The molecule has 0 amide bonds. The fourth-order valence-electron chi connectivity index (χ4n) is 0.453. The average molecular weight is 140 g/mol. The van der Waals surface area contributed by atoms with Gasteiger partial charge >= 0.3 is 0 Å². The lowest BCUT2D eigenvalue weighted by Gasteiger charge is -1.88. The van der Waals surface area contributed by atoms with E-state index >= 15 is 0 Å². The Kier molecular flexibility index (Phi) is 3.15. The van der Waals surface area contributed by atoms with Gasteiger partial charge in [0.2, 0.25) is 0 Å². The van der Waals surface area contributed by atoms with Crippen LogP contribution in [0, 0.1) is 0 Å². The van der Waals surface area contributed by atoms with Crippen LogP contribution in [-0.4, -0.2) is 27.6 Å². The van der Waals surface area contributed by atoms with E-state index in [2.05, 4.69) is 0 Å². The minimum Gasteiger partial charge on any atom is -0.508 e. The molecular weight excluding hydrogens is 131 g/mol. The number of benzene rings is 1. The molecule has 0 heterocycles. The fraction of sp³-hybridized carbons (Fsp3) is 0. The molecule has 1 aromatic carbocycles. The third-order valence-electron chi connectivity index (χ3n) is 0.850. The van der Waals surface area contributed by atoms with Gasteiger partial charge in [-0.25, -0.2) is 0 Å². The lowest BCUT2D eigenvalue weighted by Crippen LogP contribution is -1.61. The van der Waals surface area contributed by atoms with E-state index in [9.17, 15) is 0 Å². The average Bonchev–Trinajstić information content (AvgIpc) is 1.77. The van der Waals surface area contributed by atoms with Crippen molar-refractivity contribution in [2.45, 2.75) is 0 Å². The van der Waals surface area contributed by atoms with E-state index in [4.69, 9.17) is 10.2 Å². The van der Waals surface area contributed by atoms with Gasteiger partial charge in [0.1, 0.15) is 11.5 Å². The van der Waals surface area contributed by atoms with E-state index in [1.165, 1.54) is 24.3 Å². The number of hydrogen-bond acceptors (Lipinski definition) is 2. The van der Waals surface area contributed by atoms with E-state index in [1.54, 1.807) is 0 Å². The van der Waals surface area contributed by atoms with Crippen LogP contribution < -0.4 is 0 Å². The third kappa shape index (κ3) is 2.41. The van der Waals surface area contributed by atoms with Crippen LogP contribution >= 0.6 is 0 Å². The van der Waals surface area contributed by atoms with Gasteiger partial charge in [-0.05, 0) is 24.3 Å². The standard InChI is InChI=1S/C6H6O2.Al.3H/c7-5-1-2-6(8)4-3-5;;;;/h1-4,7-8H;;;;. The molecule has 0 aromatic heterocycles. The van der Waals surface area contributed by atoms with Crippen LogP contribution in [0.25, 0.3) is 0 Å². The molecular formula is C6H9AlO2. The molecule has 0 spiro atoms. The van der Waals surface area contributed by atoms with Gasteiger partial charge in [-0.1, -0.05) is 0 Å². The highest BCUT2D eigenvalue weighted by molar-refractivity contribution is 5.75. The summed E-state index contributed by atoms with van der Waals surface area (Å²) in [4.78, 5) is 0. The van der Waals surface area contributed by atoms with Crippen LogP contribution in [0.3, 0.4) is 0 Å². The maximum absolute atomic E-state index is 8.65. The normalized spacial score (nSPS) is 8.00. The molecule has 3 heteroatoms. The first-order valence-electron chi connectivity index (χ1n) is 2.27. The Morgan fingerprint density at radius 3 is 1.22 bits per heavy atom. The topological polar surface area (TPSA) is 40.5 Å². The van der Waals surface area contributed by atoms with Crippen LogP contribution in [0.5, 0.6) is 11.5 Å². The monoisotopic (exact) mass is 140 g/mol. The van der Waals surface area contributed by atoms with Crippen molar-refractivity contribution in [1.29, 1.82) is 0 Å². The SMILES string of the molecule is Oc1ccc(O)cc1.[AlH3]. The van der Waals surface area contributed by atoms with E-state index in [0.717, 1.165) is 0 Å². The number of phenols is 2. The minimum atomic E-state index is 0. The van der Waals surface area contributed by atoms with Gasteiger partial charge < -0.3 is 10.2 Å². The van der Waals surface area contributed by atoms with E-state index < -0.39 is 0 Å². The van der Waals surface area contributed by atoms with Crippen molar-refractivity contribution in [2.24, 2.45) is 0 Å². The van der Waals surface area contributed by atoms with Gasteiger partial charge in [-0.3, -0.25) is 0 Å². The molecule has 0 aliphatic carbocycles. The van der Waals surface area contributed by atoms with Gasteiger partial charge in [0.25, 0.3) is 0 Å². The van der Waals surface area contributed by atoms with Gasteiger partial charge in [0.05, 0.1) is 0 Å². The predicted octanol–water partition coefficient (Wildman–Crippen LogP) is -0.0861. The lowest BCUT2D eigenvalue weighted by molar-refractivity contribution is 0.460. The summed E-state index contributed by atoms with van der Waals surface area (Å²) in [6, 6.07) is 5.70. The molecule has 0 fully saturated rings. The zero-order chi connectivity index (χ0) is 5.98. The molecule has 0 saturated carbocycles. The number of hydrogen-bond donors (Lipinski definition) is 2. The van der Waals surface area contributed by atoms with Crippen molar-refractivity contribution in [3.63, 3.8) is 0 Å². The van der Waals surface area contributed by atoms with Crippen molar-refractivity contribution in [1.82, 2.24) is 0 Å². The molecule has 0 radical (unpaired) electrons. The number of rotatable bonds is 0. The van der Waals surface area contributed by atoms with E-state index in [0.29, 0.717) is 0 Å². The molecule has 0 bridgehead atoms. The highest BCUT2D eigenvalue weighted by Gasteiger charge is 1.84. The van der Waals surface area contributed by atoms with Gasteiger partial charge in [-0.15, -0.1) is 0 Å². The van der Waals surface area contributed by atoms with Crippen LogP contribution in [-0.2, 0) is 0 Å². The highest BCUT2D eigenvalue weighted by Crippen LogP contribution is 2.13. The molecule has 48 valence electrons. The Labute approximate surface area is 63.9 Å². The second-order valence-corrected chi connectivity index (χ2v) is 1.52. The second kappa shape index (κ2) is 3.39. The Morgan fingerprint density at radius 1 is 0.778 bits per heavy atom. The fourth-order valence-corrected chi connectivity index (χ4v) is 0.453. The smallest absolute Gasteiger partial charge is 0.187 e. The maximum atomic E-state index is 8.65. The Balaban J connectivity index is 0.000000640. The molecule has 9 heavy (non-hydrogen) atoms. The summed E-state index contributed by atoms with van der Waals surface area (Å²) in [5.41, 5.74) is 0. The van der Waals surface area contributed by atoms with Crippen LogP contribution in [0.2, 0.25) is 0 Å². The van der Waals surface area contributed by atoms with Crippen molar-refractivity contribution in [2.75, 3.05) is 0 Å². The molecule has 0 aliphatic rings. The number of aromatic hydroxyl groups is 2. The van der Waals surface area contributed by atoms with Crippen molar-refractivity contribution in [3.8, 4) is 11.5 Å². The minimum absolute atomic E-state index is 0. The predicted molar refractivity (Wildman–Crippen MR) is 39.7 cm³/mol. The molecule has 0 saturated heterocycles. The first kappa shape index (κ1) is 8.35. The Morgan fingerprint density at radius 2 is 1.00 bits per heavy atom. The largest absolute Gasteiger partial charge is 0.508 e. The first-order valence-corrected chi connectivity index (χ1v) is 2.27. The summed E-state index contributed by atoms with van der Waals surface area (Å²) in [5.74, 6) is 0.339. The van der Waals surface area contributed by atoms with E-state index in [-0.39, 0.29) is 28.9 Å².